The minimum absolute atomic E-state index is 0.0853. The largest absolute Gasteiger partial charge is 0.340 e. The molecule has 1 N–H and O–H groups in total. The van der Waals surface area contributed by atoms with Crippen LogP contribution in [0.1, 0.15) is 36.4 Å². The van der Waals surface area contributed by atoms with E-state index in [4.69, 9.17) is 5.26 Å². The van der Waals surface area contributed by atoms with Gasteiger partial charge in [-0.3, -0.25) is 0 Å². The van der Waals surface area contributed by atoms with Crippen LogP contribution in [0, 0.1) is 18.3 Å². The Morgan fingerprint density at radius 1 is 1.24 bits per heavy atom. The van der Waals surface area contributed by atoms with Crippen LogP contribution in [0.25, 0.3) is 0 Å². The van der Waals surface area contributed by atoms with Crippen LogP contribution < -0.4 is 5.32 Å². The maximum atomic E-state index is 9.07. The molecule has 0 spiro atoms. The first-order valence-electron chi connectivity index (χ1n) is 7.27. The number of nitrogens with zero attached hydrogens (tertiary/aromatic N) is 2. The zero-order valence-electron chi connectivity index (χ0n) is 13.3. The second kappa shape index (κ2) is 6.15. The number of benzene rings is 1. The second-order valence-corrected chi connectivity index (χ2v) is 6.16. The maximum Gasteiger partial charge on any atom is 0.120 e. The zero-order chi connectivity index (χ0) is 15.5. The van der Waals surface area contributed by atoms with Crippen LogP contribution in [0.4, 0.5) is 0 Å². The highest BCUT2D eigenvalue weighted by Crippen LogP contribution is 2.22. The number of nitrogens with one attached hydrogen (secondary N) is 1. The number of nitriles is 1. The first-order valence-corrected chi connectivity index (χ1v) is 7.27. The fourth-order valence-corrected chi connectivity index (χ4v) is 2.55. The van der Waals surface area contributed by atoms with Crippen LogP contribution in [0.2, 0.25) is 0 Å². The van der Waals surface area contributed by atoms with Crippen LogP contribution in [-0.4, -0.2) is 11.1 Å². The van der Waals surface area contributed by atoms with E-state index in [9.17, 15) is 0 Å². The van der Waals surface area contributed by atoms with E-state index in [0.29, 0.717) is 5.69 Å². The molecule has 1 aromatic carbocycles. The third kappa shape index (κ3) is 3.34. The highest BCUT2D eigenvalue weighted by molar-refractivity contribution is 5.34. The molecule has 0 bridgehead atoms. The van der Waals surface area contributed by atoms with Gasteiger partial charge in [0.1, 0.15) is 11.8 Å². The van der Waals surface area contributed by atoms with Gasteiger partial charge in [-0.2, -0.15) is 5.26 Å². The molecule has 0 unspecified atom stereocenters. The molecular weight excluding hydrogens is 258 g/mol. The lowest BCUT2D eigenvalue weighted by molar-refractivity contribution is 0.468. The first kappa shape index (κ1) is 15.3. The minimum Gasteiger partial charge on any atom is -0.340 e. The molecule has 0 aliphatic carbocycles. The summed E-state index contributed by atoms with van der Waals surface area (Å²) in [5.41, 5.74) is 4.48. The Morgan fingerprint density at radius 2 is 1.90 bits per heavy atom. The standard InChI is InChI=1S/C18H23N3/c1-14-15(10-17(11-19)21(14)4)12-20-13-18(2,3)16-8-6-5-7-9-16/h5-10,20H,12-13H2,1-4H3. The molecule has 0 saturated carbocycles. The maximum absolute atomic E-state index is 9.07. The third-order valence-electron chi connectivity index (χ3n) is 4.19. The summed E-state index contributed by atoms with van der Waals surface area (Å²) in [6, 6.07) is 14.7. The summed E-state index contributed by atoms with van der Waals surface area (Å²) in [5.74, 6) is 0. The summed E-state index contributed by atoms with van der Waals surface area (Å²) in [4.78, 5) is 0. The van der Waals surface area contributed by atoms with E-state index < -0.39 is 0 Å². The lowest BCUT2D eigenvalue weighted by atomic mass is 9.84. The van der Waals surface area contributed by atoms with Crippen molar-refractivity contribution >= 4 is 0 Å². The molecule has 0 aliphatic heterocycles. The van der Waals surface area contributed by atoms with Gasteiger partial charge in [-0.1, -0.05) is 44.2 Å². The van der Waals surface area contributed by atoms with Crippen LogP contribution in [-0.2, 0) is 19.0 Å². The van der Waals surface area contributed by atoms with Crippen molar-refractivity contribution in [1.82, 2.24) is 9.88 Å². The summed E-state index contributed by atoms with van der Waals surface area (Å²) in [7, 11) is 1.94. The van der Waals surface area contributed by atoms with Gasteiger partial charge >= 0.3 is 0 Å². The molecule has 0 aliphatic rings. The quantitative estimate of drug-likeness (QED) is 0.913. The molecule has 3 heteroatoms. The Labute approximate surface area is 127 Å². The second-order valence-electron chi connectivity index (χ2n) is 6.16. The van der Waals surface area contributed by atoms with Crippen LogP contribution in [0.5, 0.6) is 0 Å². The van der Waals surface area contributed by atoms with Crippen molar-refractivity contribution in [3.63, 3.8) is 0 Å². The van der Waals surface area contributed by atoms with Gasteiger partial charge in [0.05, 0.1) is 0 Å². The summed E-state index contributed by atoms with van der Waals surface area (Å²) >= 11 is 0. The van der Waals surface area contributed by atoms with E-state index in [1.54, 1.807) is 0 Å². The Hall–Kier alpha value is -2.05. The van der Waals surface area contributed by atoms with E-state index in [-0.39, 0.29) is 5.41 Å². The van der Waals surface area contributed by atoms with E-state index >= 15 is 0 Å². The summed E-state index contributed by atoms with van der Waals surface area (Å²) in [5, 5.41) is 12.6. The molecule has 0 saturated heterocycles. The summed E-state index contributed by atoms with van der Waals surface area (Å²) in [6.07, 6.45) is 0. The van der Waals surface area contributed by atoms with Gasteiger partial charge < -0.3 is 9.88 Å². The van der Waals surface area contributed by atoms with Gasteiger partial charge in [0.2, 0.25) is 0 Å². The topological polar surface area (TPSA) is 40.8 Å². The Balaban J connectivity index is 2.00. The zero-order valence-corrected chi connectivity index (χ0v) is 13.3. The number of rotatable bonds is 5. The van der Waals surface area contributed by atoms with Gasteiger partial charge in [-0.05, 0) is 24.1 Å². The molecule has 21 heavy (non-hydrogen) atoms. The minimum atomic E-state index is 0.0853. The fourth-order valence-electron chi connectivity index (χ4n) is 2.55. The Morgan fingerprint density at radius 3 is 2.48 bits per heavy atom. The van der Waals surface area contributed by atoms with Gasteiger partial charge in [0, 0.05) is 31.2 Å². The molecule has 0 atom stereocenters. The van der Waals surface area contributed by atoms with E-state index in [0.717, 1.165) is 18.8 Å². The van der Waals surface area contributed by atoms with Gasteiger partial charge in [-0.25, -0.2) is 0 Å². The molecule has 2 rings (SSSR count). The molecule has 3 nitrogen and oxygen atoms in total. The van der Waals surface area contributed by atoms with Crippen LogP contribution >= 0.6 is 0 Å². The van der Waals surface area contributed by atoms with Crippen molar-refractivity contribution in [2.24, 2.45) is 7.05 Å². The van der Waals surface area contributed by atoms with E-state index in [2.05, 4.69) is 56.4 Å². The normalized spacial score (nSPS) is 11.4. The van der Waals surface area contributed by atoms with Crippen molar-refractivity contribution in [2.45, 2.75) is 32.7 Å². The van der Waals surface area contributed by atoms with Gasteiger partial charge in [0.25, 0.3) is 0 Å². The SMILES string of the molecule is Cc1c(CNCC(C)(C)c2ccccc2)cc(C#N)n1C. The third-order valence-corrected chi connectivity index (χ3v) is 4.19. The Kier molecular flexibility index (Phi) is 4.50. The molecule has 1 heterocycles. The number of hydrogen-bond donors (Lipinski definition) is 1. The molecule has 1 aromatic heterocycles. The molecule has 0 radical (unpaired) electrons. The van der Waals surface area contributed by atoms with Crippen LogP contribution in [0.15, 0.2) is 36.4 Å². The highest BCUT2D eigenvalue weighted by Gasteiger charge is 2.20. The van der Waals surface area contributed by atoms with E-state index in [1.807, 2.05) is 23.7 Å². The lowest BCUT2D eigenvalue weighted by Crippen LogP contribution is -2.32. The lowest BCUT2D eigenvalue weighted by Gasteiger charge is -2.25. The monoisotopic (exact) mass is 281 g/mol. The number of hydrogen-bond acceptors (Lipinski definition) is 2. The van der Waals surface area contributed by atoms with E-state index in [1.165, 1.54) is 11.1 Å². The number of aromatic nitrogens is 1. The predicted molar refractivity (Wildman–Crippen MR) is 86.0 cm³/mol. The fraction of sp³-hybridized carbons (Fsp3) is 0.389. The van der Waals surface area contributed by atoms with Crippen molar-refractivity contribution in [2.75, 3.05) is 6.54 Å². The van der Waals surface area contributed by atoms with Gasteiger partial charge in [-0.15, -0.1) is 0 Å². The van der Waals surface area contributed by atoms with Crippen molar-refractivity contribution < 1.29 is 0 Å². The predicted octanol–water partition coefficient (Wildman–Crippen LogP) is 3.27. The van der Waals surface area contributed by atoms with Crippen molar-refractivity contribution in [3.8, 4) is 6.07 Å². The highest BCUT2D eigenvalue weighted by atomic mass is 15.0. The first-order chi connectivity index (χ1) is 9.95. The average molecular weight is 281 g/mol. The molecule has 110 valence electrons. The molecule has 2 aromatic rings. The summed E-state index contributed by atoms with van der Waals surface area (Å²) in [6.45, 7) is 8.23. The molecule has 0 amide bonds. The van der Waals surface area contributed by atoms with Crippen molar-refractivity contribution in [1.29, 1.82) is 5.26 Å². The Bertz CT molecular complexity index is 645. The van der Waals surface area contributed by atoms with Crippen molar-refractivity contribution in [3.05, 3.63) is 58.9 Å². The average Bonchev–Trinajstić information content (AvgIpc) is 2.76. The molecule has 0 fully saturated rings. The van der Waals surface area contributed by atoms with Crippen LogP contribution in [0.3, 0.4) is 0 Å². The smallest absolute Gasteiger partial charge is 0.120 e. The van der Waals surface area contributed by atoms with Gasteiger partial charge in [0.15, 0.2) is 0 Å². The molecular formula is C18H23N3. The summed E-state index contributed by atoms with van der Waals surface area (Å²) < 4.78 is 1.94.